The van der Waals surface area contributed by atoms with Gasteiger partial charge < -0.3 is 9.47 Å². The largest absolute Gasteiger partial charge is 0.486 e. The highest BCUT2D eigenvalue weighted by molar-refractivity contribution is 7.90. The van der Waals surface area contributed by atoms with Gasteiger partial charge in [-0.25, -0.2) is 13.5 Å². The van der Waals surface area contributed by atoms with Crippen molar-refractivity contribution in [3.8, 4) is 11.5 Å². The number of sulfone groups is 1. The molecule has 1 atom stereocenters. The molecule has 0 fully saturated rings. The minimum absolute atomic E-state index is 0.188. The maximum atomic E-state index is 12.9. The van der Waals surface area contributed by atoms with Crippen LogP contribution in [0.3, 0.4) is 0 Å². The van der Waals surface area contributed by atoms with Gasteiger partial charge in [0.05, 0.1) is 17.5 Å². The highest BCUT2D eigenvalue weighted by Gasteiger charge is 2.27. The molecule has 2 aromatic carbocycles. The SMILES string of the molecule is O=CN(O)C(CS(=O)(=O)Cc1ccc2sccc2c1)c1ccc2c(c1)OCCO2. The number of hydrogen-bond acceptors (Lipinski definition) is 7. The summed E-state index contributed by atoms with van der Waals surface area (Å²) in [5.74, 6) is 0.385. The van der Waals surface area contributed by atoms with Crippen molar-refractivity contribution in [2.24, 2.45) is 0 Å². The Morgan fingerprint density at radius 1 is 1.10 bits per heavy atom. The lowest BCUT2D eigenvalue weighted by Crippen LogP contribution is -2.30. The zero-order valence-corrected chi connectivity index (χ0v) is 17.0. The standard InChI is InChI=1S/C20H19NO6S2/c22-13-21(23)17(15-2-3-18-19(10-15)27-7-6-26-18)12-29(24,25)11-14-1-4-20-16(9-14)5-8-28-20/h1-5,8-10,13,17,23H,6-7,11-12H2. The van der Waals surface area contributed by atoms with E-state index >= 15 is 0 Å². The second-order valence-corrected chi connectivity index (χ2v) is 9.81. The summed E-state index contributed by atoms with van der Waals surface area (Å²) in [5, 5.41) is 13.4. The Bertz CT molecular complexity index is 1140. The Hall–Kier alpha value is -2.62. The Morgan fingerprint density at radius 2 is 1.90 bits per heavy atom. The Labute approximate surface area is 172 Å². The van der Waals surface area contributed by atoms with Gasteiger partial charge >= 0.3 is 0 Å². The molecule has 2 heterocycles. The lowest BCUT2D eigenvalue weighted by Gasteiger charge is -2.25. The fraction of sp³-hybridized carbons (Fsp3) is 0.250. The number of hydrogen-bond donors (Lipinski definition) is 1. The van der Waals surface area contributed by atoms with E-state index in [2.05, 4.69) is 0 Å². The number of benzene rings is 2. The quantitative estimate of drug-likeness (QED) is 0.349. The van der Waals surface area contributed by atoms with Gasteiger partial charge in [-0.2, -0.15) is 0 Å². The maximum absolute atomic E-state index is 12.9. The van der Waals surface area contributed by atoms with Crippen LogP contribution in [0.4, 0.5) is 0 Å². The topological polar surface area (TPSA) is 93.1 Å². The van der Waals surface area contributed by atoms with E-state index in [0.717, 1.165) is 10.1 Å². The van der Waals surface area contributed by atoms with E-state index in [9.17, 15) is 18.4 Å². The van der Waals surface area contributed by atoms with E-state index < -0.39 is 21.6 Å². The number of rotatable bonds is 7. The number of ether oxygens (including phenoxy) is 2. The first kappa shape index (κ1) is 19.7. The van der Waals surface area contributed by atoms with Crippen LogP contribution in [0, 0.1) is 0 Å². The van der Waals surface area contributed by atoms with E-state index in [0.29, 0.717) is 40.9 Å². The molecule has 3 aromatic rings. The lowest BCUT2D eigenvalue weighted by atomic mass is 10.1. The first-order chi connectivity index (χ1) is 13.9. The van der Waals surface area contributed by atoms with Crippen LogP contribution in [0.1, 0.15) is 17.2 Å². The molecule has 1 unspecified atom stereocenters. The summed E-state index contributed by atoms with van der Waals surface area (Å²) in [6, 6.07) is 11.3. The van der Waals surface area contributed by atoms with Gasteiger partial charge in [-0.05, 0) is 52.2 Å². The molecule has 9 heteroatoms. The van der Waals surface area contributed by atoms with Gasteiger partial charge in [0.25, 0.3) is 0 Å². The van der Waals surface area contributed by atoms with Crippen LogP contribution < -0.4 is 9.47 Å². The molecular weight excluding hydrogens is 414 g/mol. The Balaban J connectivity index is 1.59. The summed E-state index contributed by atoms with van der Waals surface area (Å²) in [5.41, 5.74) is 1.10. The molecule has 0 saturated carbocycles. The molecule has 0 radical (unpaired) electrons. The molecular formula is C20H19NO6S2. The molecule has 7 nitrogen and oxygen atoms in total. The third-order valence-electron chi connectivity index (χ3n) is 4.69. The van der Waals surface area contributed by atoms with Gasteiger partial charge in [0, 0.05) is 4.70 Å². The minimum atomic E-state index is -3.64. The van der Waals surface area contributed by atoms with Gasteiger partial charge in [0.1, 0.15) is 13.2 Å². The molecule has 1 amide bonds. The predicted octanol–water partition coefficient (Wildman–Crippen LogP) is 3.18. The first-order valence-corrected chi connectivity index (χ1v) is 11.6. The van der Waals surface area contributed by atoms with Gasteiger partial charge in [-0.1, -0.05) is 12.1 Å². The van der Waals surface area contributed by atoms with Crippen LogP contribution in [-0.4, -0.2) is 44.1 Å². The summed E-state index contributed by atoms with van der Waals surface area (Å²) in [7, 11) is -3.64. The van der Waals surface area contributed by atoms with Crippen LogP contribution in [0.15, 0.2) is 47.8 Å². The van der Waals surface area contributed by atoms with E-state index in [1.54, 1.807) is 35.6 Å². The fourth-order valence-electron chi connectivity index (χ4n) is 3.33. The fourth-order valence-corrected chi connectivity index (χ4v) is 5.73. The lowest BCUT2D eigenvalue weighted by molar-refractivity contribution is -0.158. The zero-order valence-electron chi connectivity index (χ0n) is 15.4. The number of thiophene rings is 1. The molecule has 29 heavy (non-hydrogen) atoms. The number of carbonyl (C=O) groups is 1. The summed E-state index contributed by atoms with van der Waals surface area (Å²) in [4.78, 5) is 11.2. The highest BCUT2D eigenvalue weighted by atomic mass is 32.2. The number of fused-ring (bicyclic) bond motifs is 2. The highest BCUT2D eigenvalue weighted by Crippen LogP contribution is 2.34. The first-order valence-electron chi connectivity index (χ1n) is 8.94. The second kappa shape index (κ2) is 8.02. The summed E-state index contributed by atoms with van der Waals surface area (Å²) in [6.07, 6.45) is 0.203. The third kappa shape index (κ3) is 4.36. The van der Waals surface area contributed by atoms with E-state index in [-0.39, 0.29) is 12.2 Å². The van der Waals surface area contributed by atoms with Crippen LogP contribution in [0.25, 0.3) is 10.1 Å². The molecule has 1 aliphatic rings. The van der Waals surface area contributed by atoms with Crippen LogP contribution in [-0.2, 0) is 20.4 Å². The Morgan fingerprint density at radius 3 is 2.69 bits per heavy atom. The summed E-state index contributed by atoms with van der Waals surface area (Å²) < 4.78 is 37.8. The van der Waals surface area contributed by atoms with Crippen molar-refractivity contribution in [3.05, 3.63) is 59.0 Å². The van der Waals surface area contributed by atoms with Gasteiger partial charge in [-0.3, -0.25) is 10.0 Å². The van der Waals surface area contributed by atoms with E-state index in [1.165, 1.54) is 0 Å². The maximum Gasteiger partial charge on any atom is 0.233 e. The van der Waals surface area contributed by atoms with Crippen molar-refractivity contribution in [1.82, 2.24) is 5.06 Å². The molecule has 0 spiro atoms. The van der Waals surface area contributed by atoms with Crippen molar-refractivity contribution in [2.45, 2.75) is 11.8 Å². The van der Waals surface area contributed by atoms with Crippen LogP contribution >= 0.6 is 11.3 Å². The molecule has 0 bridgehead atoms. The second-order valence-electron chi connectivity index (χ2n) is 6.75. The predicted molar refractivity (Wildman–Crippen MR) is 109 cm³/mol. The molecule has 0 saturated heterocycles. The van der Waals surface area contributed by atoms with Crippen molar-refractivity contribution >= 4 is 37.7 Å². The summed E-state index contributed by atoms with van der Waals surface area (Å²) in [6.45, 7) is 0.806. The molecule has 4 rings (SSSR count). The van der Waals surface area contributed by atoms with Crippen LogP contribution in [0.5, 0.6) is 11.5 Å². The molecule has 1 aliphatic heterocycles. The van der Waals surface area contributed by atoms with Crippen molar-refractivity contribution < 1.29 is 27.9 Å². The normalized spacial score (nSPS) is 14.5. The summed E-state index contributed by atoms with van der Waals surface area (Å²) >= 11 is 1.59. The number of nitrogens with zero attached hydrogens (tertiary/aromatic N) is 1. The van der Waals surface area contributed by atoms with Gasteiger partial charge in [-0.15, -0.1) is 11.3 Å². The van der Waals surface area contributed by atoms with E-state index in [1.807, 2.05) is 23.6 Å². The van der Waals surface area contributed by atoms with Crippen molar-refractivity contribution in [2.75, 3.05) is 19.0 Å². The number of carbonyl (C=O) groups excluding carboxylic acids is 1. The number of hydroxylamine groups is 2. The Kier molecular flexibility index (Phi) is 5.44. The third-order valence-corrected chi connectivity index (χ3v) is 7.19. The minimum Gasteiger partial charge on any atom is -0.486 e. The molecule has 0 aliphatic carbocycles. The van der Waals surface area contributed by atoms with Gasteiger partial charge in [0.2, 0.25) is 6.41 Å². The number of amides is 1. The average molecular weight is 434 g/mol. The average Bonchev–Trinajstić information content (AvgIpc) is 3.18. The molecule has 1 N–H and O–H groups in total. The van der Waals surface area contributed by atoms with Gasteiger partial charge in [0.15, 0.2) is 21.3 Å². The van der Waals surface area contributed by atoms with E-state index in [4.69, 9.17) is 9.47 Å². The van der Waals surface area contributed by atoms with Crippen LogP contribution in [0.2, 0.25) is 0 Å². The smallest absolute Gasteiger partial charge is 0.233 e. The van der Waals surface area contributed by atoms with Crippen molar-refractivity contribution in [3.63, 3.8) is 0 Å². The molecule has 1 aromatic heterocycles. The molecule has 152 valence electrons. The monoisotopic (exact) mass is 433 g/mol. The van der Waals surface area contributed by atoms with Crippen molar-refractivity contribution in [1.29, 1.82) is 0 Å². The zero-order chi connectivity index (χ0) is 20.4.